The summed E-state index contributed by atoms with van der Waals surface area (Å²) < 4.78 is 0. The molecule has 0 saturated carbocycles. The summed E-state index contributed by atoms with van der Waals surface area (Å²) in [6.07, 6.45) is 0. The highest BCUT2D eigenvalue weighted by molar-refractivity contribution is 6.32. The summed E-state index contributed by atoms with van der Waals surface area (Å²) >= 11 is 11.1. The minimum atomic E-state index is -0.214. The second kappa shape index (κ2) is 3.04. The standard InChI is InChI=1S/C7H4Cl2O/c8-5-1-3-6(9)7(10)4-2-5/h1-4H. The highest BCUT2D eigenvalue weighted by Gasteiger charge is 1.89. The zero-order valence-electron chi connectivity index (χ0n) is 4.97. The smallest absolute Gasteiger partial charge is 0.197 e. The van der Waals surface area contributed by atoms with Crippen LogP contribution in [0.4, 0.5) is 0 Å². The SMILES string of the molecule is O=c1ccc(Cl)ccc1Cl. The lowest BCUT2D eigenvalue weighted by Crippen LogP contribution is -1.92. The zero-order valence-corrected chi connectivity index (χ0v) is 6.49. The maximum atomic E-state index is 10.8. The third-order valence-corrected chi connectivity index (χ3v) is 1.58. The third-order valence-electron chi connectivity index (χ3n) is 1.02. The lowest BCUT2D eigenvalue weighted by molar-refractivity contribution is 1.67. The van der Waals surface area contributed by atoms with Crippen molar-refractivity contribution < 1.29 is 0 Å². The van der Waals surface area contributed by atoms with Crippen molar-refractivity contribution >= 4 is 23.2 Å². The lowest BCUT2D eigenvalue weighted by Gasteiger charge is -1.72. The van der Waals surface area contributed by atoms with E-state index in [-0.39, 0.29) is 10.5 Å². The molecule has 1 aromatic carbocycles. The molecule has 0 radical (unpaired) electrons. The van der Waals surface area contributed by atoms with Gasteiger partial charge in [0.15, 0.2) is 5.43 Å². The van der Waals surface area contributed by atoms with E-state index >= 15 is 0 Å². The Balaban J connectivity index is 3.43. The maximum absolute atomic E-state index is 10.8. The molecule has 0 bridgehead atoms. The molecule has 52 valence electrons. The Bertz CT molecular complexity index is 296. The molecule has 0 aromatic heterocycles. The van der Waals surface area contributed by atoms with Crippen LogP contribution in [0.1, 0.15) is 0 Å². The fourth-order valence-electron chi connectivity index (χ4n) is 0.525. The normalized spacial score (nSPS) is 9.40. The van der Waals surface area contributed by atoms with Crippen LogP contribution < -0.4 is 5.43 Å². The minimum absolute atomic E-state index is 0.187. The van der Waals surface area contributed by atoms with Gasteiger partial charge >= 0.3 is 0 Å². The maximum Gasteiger partial charge on any atom is 0.197 e. The van der Waals surface area contributed by atoms with Crippen LogP contribution in [0.15, 0.2) is 29.1 Å². The van der Waals surface area contributed by atoms with Crippen molar-refractivity contribution in [3.8, 4) is 0 Å². The van der Waals surface area contributed by atoms with E-state index in [1.807, 2.05) is 0 Å². The van der Waals surface area contributed by atoms with E-state index < -0.39 is 0 Å². The van der Waals surface area contributed by atoms with Crippen LogP contribution in [-0.2, 0) is 0 Å². The molecule has 0 aliphatic heterocycles. The second-order valence-corrected chi connectivity index (χ2v) is 2.61. The molecule has 0 aliphatic rings. The average molecular weight is 175 g/mol. The van der Waals surface area contributed by atoms with Gasteiger partial charge in [0.2, 0.25) is 0 Å². The van der Waals surface area contributed by atoms with Gasteiger partial charge in [-0.25, -0.2) is 0 Å². The Morgan fingerprint density at radius 1 is 1.00 bits per heavy atom. The Morgan fingerprint density at radius 3 is 2.30 bits per heavy atom. The summed E-state index contributed by atoms with van der Waals surface area (Å²) in [5.41, 5.74) is -0.214. The Hall–Kier alpha value is -0.530. The van der Waals surface area contributed by atoms with E-state index in [0.29, 0.717) is 5.02 Å². The molecule has 1 rings (SSSR count). The summed E-state index contributed by atoms with van der Waals surface area (Å²) in [6, 6.07) is 5.90. The Morgan fingerprint density at radius 2 is 1.60 bits per heavy atom. The predicted octanol–water partition coefficient (Wildman–Crippen LogP) is 2.35. The van der Waals surface area contributed by atoms with Crippen LogP contribution in [0.25, 0.3) is 0 Å². The van der Waals surface area contributed by atoms with Gasteiger partial charge in [0, 0.05) is 5.02 Å². The van der Waals surface area contributed by atoms with Crippen molar-refractivity contribution in [1.29, 1.82) is 0 Å². The molecule has 0 N–H and O–H groups in total. The summed E-state index contributed by atoms with van der Waals surface area (Å²) in [4.78, 5) is 10.8. The van der Waals surface area contributed by atoms with Crippen LogP contribution in [0.3, 0.4) is 0 Å². The first-order valence-electron chi connectivity index (χ1n) is 2.65. The van der Waals surface area contributed by atoms with Gasteiger partial charge in [0.1, 0.15) is 0 Å². The van der Waals surface area contributed by atoms with Crippen molar-refractivity contribution in [2.24, 2.45) is 0 Å². The highest BCUT2D eigenvalue weighted by atomic mass is 35.5. The molecule has 0 saturated heterocycles. The molecule has 3 heteroatoms. The van der Waals surface area contributed by atoms with Crippen LogP contribution in [-0.4, -0.2) is 0 Å². The number of rotatable bonds is 0. The first kappa shape index (κ1) is 7.58. The summed E-state index contributed by atoms with van der Waals surface area (Å²) in [6.45, 7) is 0. The molecule has 0 spiro atoms. The van der Waals surface area contributed by atoms with Crippen LogP contribution in [0.2, 0.25) is 10.0 Å². The monoisotopic (exact) mass is 174 g/mol. The van der Waals surface area contributed by atoms with Crippen LogP contribution >= 0.6 is 23.2 Å². The van der Waals surface area contributed by atoms with E-state index in [2.05, 4.69) is 0 Å². The first-order chi connectivity index (χ1) is 4.70. The van der Waals surface area contributed by atoms with Gasteiger partial charge < -0.3 is 0 Å². The van der Waals surface area contributed by atoms with E-state index in [4.69, 9.17) is 23.2 Å². The number of halogens is 2. The van der Waals surface area contributed by atoms with Gasteiger partial charge in [-0.05, 0) is 24.3 Å². The second-order valence-electron chi connectivity index (χ2n) is 1.76. The Labute approximate surface area is 68.2 Å². The molecule has 1 nitrogen and oxygen atoms in total. The van der Waals surface area contributed by atoms with Crippen molar-refractivity contribution in [3.05, 3.63) is 44.5 Å². The quantitative estimate of drug-likeness (QED) is 0.591. The topological polar surface area (TPSA) is 17.1 Å². The molecular formula is C7H4Cl2O. The largest absolute Gasteiger partial charge is 0.288 e. The van der Waals surface area contributed by atoms with Crippen LogP contribution in [0, 0.1) is 0 Å². The molecule has 0 heterocycles. The molecule has 10 heavy (non-hydrogen) atoms. The fourth-order valence-corrected chi connectivity index (χ4v) is 0.777. The number of hydrogen-bond acceptors (Lipinski definition) is 1. The van der Waals surface area contributed by atoms with Gasteiger partial charge in [0.25, 0.3) is 0 Å². The summed E-state index contributed by atoms with van der Waals surface area (Å²) in [5, 5.41) is 0.691. The molecule has 0 amide bonds. The Kier molecular flexibility index (Phi) is 2.30. The highest BCUT2D eigenvalue weighted by Crippen LogP contribution is 2.06. The molecule has 0 aliphatic carbocycles. The van der Waals surface area contributed by atoms with Crippen molar-refractivity contribution in [2.45, 2.75) is 0 Å². The molecule has 0 fully saturated rings. The molecule has 0 atom stereocenters. The van der Waals surface area contributed by atoms with Gasteiger partial charge in [0.05, 0.1) is 5.02 Å². The van der Waals surface area contributed by atoms with Crippen molar-refractivity contribution in [2.75, 3.05) is 0 Å². The van der Waals surface area contributed by atoms with Gasteiger partial charge in [-0.3, -0.25) is 4.79 Å². The van der Waals surface area contributed by atoms with E-state index in [9.17, 15) is 4.79 Å². The first-order valence-corrected chi connectivity index (χ1v) is 3.41. The predicted molar refractivity (Wildman–Crippen MR) is 42.7 cm³/mol. The van der Waals surface area contributed by atoms with Gasteiger partial charge in [-0.15, -0.1) is 0 Å². The zero-order chi connectivity index (χ0) is 7.56. The van der Waals surface area contributed by atoms with E-state index in [1.165, 1.54) is 18.2 Å². The summed E-state index contributed by atoms with van der Waals surface area (Å²) in [7, 11) is 0. The molecule has 1 aromatic rings. The van der Waals surface area contributed by atoms with E-state index in [0.717, 1.165) is 0 Å². The van der Waals surface area contributed by atoms with Crippen LogP contribution in [0.5, 0.6) is 0 Å². The lowest BCUT2D eigenvalue weighted by atomic mass is 10.5. The van der Waals surface area contributed by atoms with Gasteiger partial charge in [-0.2, -0.15) is 0 Å². The van der Waals surface area contributed by atoms with Crippen molar-refractivity contribution in [3.63, 3.8) is 0 Å². The third kappa shape index (κ3) is 1.72. The van der Waals surface area contributed by atoms with Gasteiger partial charge in [-0.1, -0.05) is 23.2 Å². The van der Waals surface area contributed by atoms with E-state index in [1.54, 1.807) is 6.07 Å². The van der Waals surface area contributed by atoms with Crippen molar-refractivity contribution in [1.82, 2.24) is 0 Å². The molecular weight excluding hydrogens is 171 g/mol. The molecule has 0 unspecified atom stereocenters. The average Bonchev–Trinajstić information content (AvgIpc) is 2.04. The minimum Gasteiger partial charge on any atom is -0.288 e. The number of hydrogen-bond donors (Lipinski definition) is 0. The fraction of sp³-hybridized carbons (Fsp3) is 0. The summed E-state index contributed by atoms with van der Waals surface area (Å²) in [5.74, 6) is 0.